The normalized spacial score (nSPS) is 20.7. The van der Waals surface area contributed by atoms with Gasteiger partial charge in [0.25, 0.3) is 5.91 Å². The summed E-state index contributed by atoms with van der Waals surface area (Å²) in [6.45, 7) is 5.49. The Bertz CT molecular complexity index is 670. The molecule has 3 heterocycles. The lowest BCUT2D eigenvalue weighted by Crippen LogP contribution is -2.55. The monoisotopic (exact) mass is 337 g/mol. The number of amides is 1. The number of carbonyl (C=O) groups excluding carboxylic acids is 1. The van der Waals surface area contributed by atoms with E-state index in [0.717, 1.165) is 4.88 Å². The molecule has 23 heavy (non-hydrogen) atoms. The number of morpholine rings is 1. The van der Waals surface area contributed by atoms with Gasteiger partial charge in [-0.15, -0.1) is 21.5 Å². The lowest BCUT2D eigenvalue weighted by Gasteiger charge is -2.42. The van der Waals surface area contributed by atoms with E-state index in [1.54, 1.807) is 13.2 Å². The maximum atomic E-state index is 12.8. The minimum atomic E-state index is -0.398. The van der Waals surface area contributed by atoms with Gasteiger partial charge in [-0.1, -0.05) is 0 Å². The van der Waals surface area contributed by atoms with E-state index in [4.69, 9.17) is 9.47 Å². The van der Waals surface area contributed by atoms with Crippen LogP contribution in [0.25, 0.3) is 10.7 Å². The molecular formula is C14H19N5O3S. The zero-order chi connectivity index (χ0) is 16.4. The molecule has 1 saturated heterocycles. The van der Waals surface area contributed by atoms with E-state index in [9.17, 15) is 4.79 Å². The van der Waals surface area contributed by atoms with Gasteiger partial charge in [0.05, 0.1) is 28.1 Å². The Hall–Kier alpha value is -1.84. The second-order valence-electron chi connectivity index (χ2n) is 6.04. The number of hydrogen-bond acceptors (Lipinski definition) is 7. The lowest BCUT2D eigenvalue weighted by molar-refractivity contribution is -0.143. The van der Waals surface area contributed by atoms with E-state index in [1.807, 2.05) is 24.8 Å². The van der Waals surface area contributed by atoms with Crippen LogP contribution in [-0.2, 0) is 9.47 Å². The van der Waals surface area contributed by atoms with Crippen LogP contribution in [0, 0.1) is 0 Å². The summed E-state index contributed by atoms with van der Waals surface area (Å²) >= 11 is 1.36. The number of methoxy groups -OCH3 is 1. The highest BCUT2D eigenvalue weighted by Crippen LogP contribution is 2.28. The molecule has 2 aromatic rings. The molecule has 0 saturated carbocycles. The van der Waals surface area contributed by atoms with Crippen LogP contribution < -0.4 is 0 Å². The Morgan fingerprint density at radius 2 is 2.39 bits per heavy atom. The molecule has 124 valence electrons. The van der Waals surface area contributed by atoms with E-state index in [-0.39, 0.29) is 12.0 Å². The fraction of sp³-hybridized carbons (Fsp3) is 0.571. The van der Waals surface area contributed by atoms with Crippen molar-refractivity contribution in [3.8, 4) is 10.7 Å². The molecule has 0 bridgehead atoms. The summed E-state index contributed by atoms with van der Waals surface area (Å²) in [4.78, 5) is 16.1. The molecule has 2 aromatic heterocycles. The van der Waals surface area contributed by atoms with Crippen molar-refractivity contribution in [2.75, 3.05) is 26.8 Å². The number of ether oxygens (including phenoxy) is 2. The number of aromatic nitrogens is 4. The summed E-state index contributed by atoms with van der Waals surface area (Å²) in [5, 5.41) is 13.8. The van der Waals surface area contributed by atoms with Crippen LogP contribution in [0.5, 0.6) is 0 Å². The minimum Gasteiger partial charge on any atom is -0.382 e. The Morgan fingerprint density at radius 3 is 3.09 bits per heavy atom. The van der Waals surface area contributed by atoms with Crippen molar-refractivity contribution in [2.45, 2.75) is 25.6 Å². The first-order valence-electron chi connectivity index (χ1n) is 7.28. The molecule has 0 spiro atoms. The van der Waals surface area contributed by atoms with Crippen molar-refractivity contribution in [2.24, 2.45) is 0 Å². The summed E-state index contributed by atoms with van der Waals surface area (Å²) < 4.78 is 11.1. The molecule has 1 fully saturated rings. The summed E-state index contributed by atoms with van der Waals surface area (Å²) in [6, 6.07) is 3.63. The number of thiophene rings is 1. The molecule has 8 nitrogen and oxygen atoms in total. The van der Waals surface area contributed by atoms with Gasteiger partial charge in [-0.2, -0.15) is 5.21 Å². The smallest absolute Gasteiger partial charge is 0.264 e. The standard InChI is InChI=1S/C14H19N5O3S/c1-14(2)8-19(6-9(22-14)7-21-3)13(20)11-5-4-10(23-11)12-15-17-18-16-12/h4-5,9H,6-8H2,1-3H3,(H,15,16,17,18). The van der Waals surface area contributed by atoms with E-state index < -0.39 is 5.60 Å². The Morgan fingerprint density at radius 1 is 1.57 bits per heavy atom. The average Bonchev–Trinajstić information content (AvgIpc) is 3.16. The lowest BCUT2D eigenvalue weighted by atomic mass is 10.1. The Kier molecular flexibility index (Phi) is 4.42. The number of rotatable bonds is 4. The van der Waals surface area contributed by atoms with Gasteiger partial charge >= 0.3 is 0 Å². The Labute approximate surface area is 137 Å². The number of nitrogens with zero attached hydrogens (tertiary/aromatic N) is 4. The zero-order valence-electron chi connectivity index (χ0n) is 13.3. The zero-order valence-corrected chi connectivity index (χ0v) is 14.1. The maximum Gasteiger partial charge on any atom is 0.264 e. The molecule has 1 aliphatic heterocycles. The first kappa shape index (κ1) is 16.0. The second-order valence-corrected chi connectivity index (χ2v) is 7.12. The fourth-order valence-corrected chi connectivity index (χ4v) is 3.62. The number of H-pyrrole nitrogens is 1. The van der Waals surface area contributed by atoms with Crippen LogP contribution in [0.15, 0.2) is 12.1 Å². The number of tetrazole rings is 1. The molecule has 1 atom stereocenters. The van der Waals surface area contributed by atoms with Gasteiger partial charge in [0, 0.05) is 20.2 Å². The highest BCUT2D eigenvalue weighted by atomic mass is 32.1. The molecule has 1 N–H and O–H groups in total. The second kappa shape index (κ2) is 6.34. The quantitative estimate of drug-likeness (QED) is 0.901. The van der Waals surface area contributed by atoms with Gasteiger partial charge in [0.2, 0.25) is 5.82 Å². The molecule has 3 rings (SSSR count). The van der Waals surface area contributed by atoms with E-state index in [2.05, 4.69) is 20.6 Å². The fourth-order valence-electron chi connectivity index (χ4n) is 2.72. The third kappa shape index (κ3) is 3.57. The van der Waals surface area contributed by atoms with Crippen molar-refractivity contribution in [3.05, 3.63) is 17.0 Å². The first-order valence-corrected chi connectivity index (χ1v) is 8.10. The molecule has 0 aromatic carbocycles. The third-order valence-electron chi connectivity index (χ3n) is 3.50. The third-order valence-corrected chi connectivity index (χ3v) is 4.57. The first-order chi connectivity index (χ1) is 11.0. The van der Waals surface area contributed by atoms with Crippen molar-refractivity contribution in [3.63, 3.8) is 0 Å². The molecule has 9 heteroatoms. The summed E-state index contributed by atoms with van der Waals surface area (Å²) in [7, 11) is 1.63. The van der Waals surface area contributed by atoms with Gasteiger partial charge in [-0.25, -0.2) is 0 Å². The molecule has 0 radical (unpaired) electrons. The van der Waals surface area contributed by atoms with Gasteiger partial charge in [0.1, 0.15) is 0 Å². The van der Waals surface area contributed by atoms with Gasteiger partial charge in [0.15, 0.2) is 0 Å². The minimum absolute atomic E-state index is 0.0118. The van der Waals surface area contributed by atoms with E-state index in [1.165, 1.54) is 11.3 Å². The SMILES string of the molecule is COCC1CN(C(=O)c2ccc(-c3nn[nH]n3)s2)CC(C)(C)O1. The predicted octanol–water partition coefficient (Wildman–Crippen LogP) is 1.19. The molecular weight excluding hydrogens is 318 g/mol. The van der Waals surface area contributed by atoms with E-state index >= 15 is 0 Å². The largest absolute Gasteiger partial charge is 0.382 e. The summed E-state index contributed by atoms with van der Waals surface area (Å²) in [5.74, 6) is 0.482. The van der Waals surface area contributed by atoms with Crippen LogP contribution in [0.4, 0.5) is 0 Å². The molecule has 1 amide bonds. The van der Waals surface area contributed by atoms with Crippen molar-refractivity contribution < 1.29 is 14.3 Å². The van der Waals surface area contributed by atoms with Crippen LogP contribution in [0.2, 0.25) is 0 Å². The van der Waals surface area contributed by atoms with Crippen LogP contribution in [0.3, 0.4) is 0 Å². The van der Waals surface area contributed by atoms with Gasteiger partial charge in [-0.05, 0) is 31.2 Å². The number of nitrogens with one attached hydrogen (secondary N) is 1. The highest BCUT2D eigenvalue weighted by molar-refractivity contribution is 7.17. The highest BCUT2D eigenvalue weighted by Gasteiger charge is 2.36. The Balaban J connectivity index is 1.76. The van der Waals surface area contributed by atoms with Gasteiger partial charge in [-0.3, -0.25) is 4.79 Å². The van der Waals surface area contributed by atoms with Crippen LogP contribution in [-0.4, -0.2) is 69.9 Å². The maximum absolute atomic E-state index is 12.8. The summed E-state index contributed by atoms with van der Waals surface area (Å²) in [5.41, 5.74) is -0.398. The predicted molar refractivity (Wildman–Crippen MR) is 84.2 cm³/mol. The van der Waals surface area contributed by atoms with Crippen molar-refractivity contribution >= 4 is 17.2 Å². The number of carbonyl (C=O) groups is 1. The molecule has 0 aliphatic carbocycles. The van der Waals surface area contributed by atoms with Crippen LogP contribution in [0.1, 0.15) is 23.5 Å². The topological polar surface area (TPSA) is 93.2 Å². The average molecular weight is 337 g/mol. The van der Waals surface area contributed by atoms with Crippen molar-refractivity contribution in [1.29, 1.82) is 0 Å². The van der Waals surface area contributed by atoms with Crippen LogP contribution >= 0.6 is 11.3 Å². The summed E-state index contributed by atoms with van der Waals surface area (Å²) in [6.07, 6.45) is -0.121. The van der Waals surface area contributed by atoms with E-state index in [0.29, 0.717) is 30.4 Å². The van der Waals surface area contributed by atoms with Crippen molar-refractivity contribution in [1.82, 2.24) is 25.5 Å². The molecule has 1 aliphatic rings. The number of hydrogen-bond donors (Lipinski definition) is 1. The van der Waals surface area contributed by atoms with Gasteiger partial charge < -0.3 is 14.4 Å². The number of aromatic amines is 1. The molecule has 1 unspecified atom stereocenters.